The summed E-state index contributed by atoms with van der Waals surface area (Å²) in [6.45, 7) is 0. The number of hydrogen-bond donors (Lipinski definition) is 4. The molecule has 0 aliphatic heterocycles. The van der Waals surface area contributed by atoms with E-state index in [1.807, 2.05) is 0 Å². The number of rotatable bonds is 2. The molecule has 0 aromatic carbocycles. The van der Waals surface area contributed by atoms with E-state index in [0.29, 0.717) is 0 Å². The van der Waals surface area contributed by atoms with E-state index >= 15 is 0 Å². The molecule has 1 atom stereocenters. The Bertz CT molecular complexity index is 247. The minimum Gasteiger partial charge on any atom is -0.320 e. The molecule has 0 fully saturated rings. The second-order valence-corrected chi connectivity index (χ2v) is 6.81. The van der Waals surface area contributed by atoms with E-state index in [4.69, 9.17) is 19.9 Å². The van der Waals surface area contributed by atoms with Gasteiger partial charge in [0.05, 0.1) is 0 Å². The van der Waals surface area contributed by atoms with Gasteiger partial charge in [0, 0.05) is 0 Å². The maximum atomic E-state index is 10.3. The molecule has 10 heavy (non-hydrogen) atoms. The first kappa shape index (κ1) is 9.63. The standard InChI is InChI=1S/CH4N2O5P2/c2-1-3-9(4,5)10(6,7)8/h(H2,3,4,5)(H2,6,7,8). The Morgan fingerprint density at radius 1 is 1.30 bits per heavy atom. The number of nitrogens with zero attached hydrogens (tertiary/aromatic N) is 1. The molecule has 7 nitrogen and oxygen atoms in total. The quantitative estimate of drug-likeness (QED) is 0.255. The molecule has 0 saturated carbocycles. The lowest BCUT2D eigenvalue weighted by molar-refractivity contribution is 0.375. The van der Waals surface area contributed by atoms with Crippen molar-refractivity contribution in [2.75, 3.05) is 0 Å². The van der Waals surface area contributed by atoms with Crippen molar-refractivity contribution in [1.82, 2.24) is 5.09 Å². The molecular weight excluding hydrogens is 182 g/mol. The van der Waals surface area contributed by atoms with Gasteiger partial charge in [0.25, 0.3) is 0 Å². The molecule has 9 heteroatoms. The zero-order valence-electron chi connectivity index (χ0n) is 4.50. The molecule has 1 unspecified atom stereocenters. The highest BCUT2D eigenvalue weighted by atomic mass is 32.1. The van der Waals surface area contributed by atoms with Gasteiger partial charge in [0.2, 0.25) is 0 Å². The summed E-state index contributed by atoms with van der Waals surface area (Å²) in [5.74, 6) is 0. The van der Waals surface area contributed by atoms with Gasteiger partial charge in [-0.2, -0.15) is 5.26 Å². The highest BCUT2D eigenvalue weighted by Crippen LogP contribution is 2.71. The van der Waals surface area contributed by atoms with Crippen LogP contribution >= 0.6 is 14.5 Å². The topological polar surface area (TPSA) is 131 Å². The lowest BCUT2D eigenvalue weighted by Gasteiger charge is -2.08. The van der Waals surface area contributed by atoms with E-state index in [9.17, 15) is 9.13 Å². The summed E-state index contributed by atoms with van der Waals surface area (Å²) in [6, 6.07) is 0. The van der Waals surface area contributed by atoms with E-state index in [1.165, 1.54) is 0 Å². The molecule has 0 bridgehead atoms. The third kappa shape index (κ3) is 2.10. The fourth-order valence-corrected chi connectivity index (χ4v) is 0.916. The van der Waals surface area contributed by atoms with Crippen LogP contribution in [-0.4, -0.2) is 14.7 Å². The summed E-state index contributed by atoms with van der Waals surface area (Å²) in [7, 11) is -9.93. The van der Waals surface area contributed by atoms with Gasteiger partial charge in [0.15, 0.2) is 6.19 Å². The largest absolute Gasteiger partial charge is 0.429 e. The van der Waals surface area contributed by atoms with Crippen LogP contribution in [0.1, 0.15) is 0 Å². The average Bonchev–Trinajstić information content (AvgIpc) is 1.61. The maximum Gasteiger partial charge on any atom is 0.429 e. The Hall–Kier alpha value is -0.370. The molecule has 0 amide bonds. The molecule has 0 rings (SSSR count). The molecule has 0 spiro atoms. The SMILES string of the molecule is N#CNP(=O)(O)P(=O)(O)O. The minimum absolute atomic E-state index is 0.959. The van der Waals surface area contributed by atoms with Crippen molar-refractivity contribution < 1.29 is 23.8 Å². The predicted octanol–water partition coefficient (Wildman–Crippen LogP) is -0.665. The minimum atomic E-state index is -5.11. The van der Waals surface area contributed by atoms with Gasteiger partial charge in [-0.15, -0.1) is 0 Å². The lowest BCUT2D eigenvalue weighted by Crippen LogP contribution is -2.01. The average molecular weight is 186 g/mol. The summed E-state index contributed by atoms with van der Waals surface area (Å²) in [5.41, 5.74) is 0. The van der Waals surface area contributed by atoms with E-state index in [0.717, 1.165) is 11.3 Å². The van der Waals surface area contributed by atoms with Gasteiger partial charge < -0.3 is 14.7 Å². The smallest absolute Gasteiger partial charge is 0.320 e. The fraction of sp³-hybridized carbons (Fsp3) is 0. The molecule has 58 valence electrons. The van der Waals surface area contributed by atoms with Gasteiger partial charge in [-0.25, -0.2) is 9.65 Å². The Morgan fingerprint density at radius 3 is 1.80 bits per heavy atom. The monoisotopic (exact) mass is 186 g/mol. The summed E-state index contributed by atoms with van der Waals surface area (Å²) < 4.78 is 20.3. The van der Waals surface area contributed by atoms with Gasteiger partial charge >= 0.3 is 14.5 Å². The van der Waals surface area contributed by atoms with Crippen molar-refractivity contribution in [3.05, 3.63) is 0 Å². The molecule has 0 aliphatic carbocycles. The molecule has 0 radical (unpaired) electrons. The Kier molecular flexibility index (Phi) is 2.60. The molecular formula is CH4N2O5P2. The molecule has 0 aliphatic rings. The van der Waals surface area contributed by atoms with Crippen LogP contribution < -0.4 is 5.09 Å². The van der Waals surface area contributed by atoms with Crippen LogP contribution in [0.5, 0.6) is 0 Å². The van der Waals surface area contributed by atoms with Crippen LogP contribution in [0.2, 0.25) is 0 Å². The maximum absolute atomic E-state index is 10.3. The first-order valence-corrected chi connectivity index (χ1v) is 5.84. The summed E-state index contributed by atoms with van der Waals surface area (Å²) in [4.78, 5) is 24.4. The van der Waals surface area contributed by atoms with Crippen molar-refractivity contribution >= 4 is 14.5 Å². The zero-order valence-corrected chi connectivity index (χ0v) is 6.29. The highest BCUT2D eigenvalue weighted by Gasteiger charge is 2.40. The van der Waals surface area contributed by atoms with Gasteiger partial charge in [0.1, 0.15) is 0 Å². The summed E-state index contributed by atoms with van der Waals surface area (Å²) in [5, 5.41) is 8.84. The number of nitriles is 1. The van der Waals surface area contributed by atoms with Gasteiger partial charge in [-0.3, -0.25) is 4.57 Å². The fourth-order valence-electron chi connectivity index (χ4n) is 0.130. The molecule has 0 heterocycles. The third-order valence-corrected chi connectivity index (χ3v) is 4.07. The first-order chi connectivity index (χ1) is 4.31. The number of nitrogens with one attached hydrogen (secondary N) is 1. The Morgan fingerprint density at radius 2 is 1.70 bits per heavy atom. The van der Waals surface area contributed by atoms with E-state index in [1.54, 1.807) is 0 Å². The first-order valence-electron chi connectivity index (χ1n) is 1.86. The summed E-state index contributed by atoms with van der Waals surface area (Å²) >= 11 is 0. The second-order valence-electron chi connectivity index (χ2n) is 1.28. The van der Waals surface area contributed by atoms with Gasteiger partial charge in [-0.1, -0.05) is 0 Å². The molecule has 0 aromatic heterocycles. The van der Waals surface area contributed by atoms with Crippen LogP contribution in [0.25, 0.3) is 0 Å². The van der Waals surface area contributed by atoms with Crippen molar-refractivity contribution in [2.24, 2.45) is 0 Å². The molecule has 4 N–H and O–H groups in total. The van der Waals surface area contributed by atoms with Crippen molar-refractivity contribution in [2.45, 2.75) is 0 Å². The van der Waals surface area contributed by atoms with Crippen LogP contribution in [-0.2, 0) is 9.13 Å². The van der Waals surface area contributed by atoms with Crippen molar-refractivity contribution in [3.8, 4) is 6.19 Å². The Balaban J connectivity index is 4.63. The second kappa shape index (κ2) is 2.70. The summed E-state index contributed by atoms with van der Waals surface area (Å²) in [6.07, 6.45) is 0.959. The van der Waals surface area contributed by atoms with Gasteiger partial charge in [-0.05, 0) is 0 Å². The highest BCUT2D eigenvalue weighted by molar-refractivity contribution is 8.27. The number of hydrogen-bond acceptors (Lipinski definition) is 3. The Labute approximate surface area is 55.9 Å². The predicted molar refractivity (Wildman–Crippen MR) is 30.6 cm³/mol. The molecule has 0 aromatic rings. The van der Waals surface area contributed by atoms with E-state index < -0.39 is 14.5 Å². The third-order valence-electron chi connectivity index (χ3n) is 0.549. The van der Waals surface area contributed by atoms with E-state index in [-0.39, 0.29) is 0 Å². The van der Waals surface area contributed by atoms with Crippen LogP contribution in [0, 0.1) is 11.5 Å². The normalized spacial score (nSPS) is 17.0. The van der Waals surface area contributed by atoms with Crippen LogP contribution in [0.4, 0.5) is 0 Å². The van der Waals surface area contributed by atoms with Crippen molar-refractivity contribution in [3.63, 3.8) is 0 Å². The van der Waals surface area contributed by atoms with E-state index in [2.05, 4.69) is 0 Å². The molecule has 0 saturated heterocycles. The van der Waals surface area contributed by atoms with Crippen molar-refractivity contribution in [1.29, 1.82) is 5.26 Å². The zero-order chi connectivity index (χ0) is 8.41. The van der Waals surface area contributed by atoms with Crippen LogP contribution in [0.15, 0.2) is 0 Å². The lowest BCUT2D eigenvalue weighted by atomic mass is 11.5. The van der Waals surface area contributed by atoms with Crippen LogP contribution in [0.3, 0.4) is 0 Å².